The van der Waals surface area contributed by atoms with Gasteiger partial charge in [-0.15, -0.1) is 0 Å². The van der Waals surface area contributed by atoms with Crippen molar-refractivity contribution in [3.8, 4) is 0 Å². The van der Waals surface area contributed by atoms with Gasteiger partial charge in [0.05, 0.1) is 11.0 Å². The Kier molecular flexibility index (Phi) is 3.12. The van der Waals surface area contributed by atoms with E-state index >= 15 is 0 Å². The third-order valence-corrected chi connectivity index (χ3v) is 2.79. The molecule has 0 atom stereocenters. The van der Waals surface area contributed by atoms with Crippen molar-refractivity contribution in [2.75, 3.05) is 7.05 Å². The summed E-state index contributed by atoms with van der Waals surface area (Å²) in [6.45, 7) is 0.379. The Morgan fingerprint density at radius 1 is 1.64 bits per heavy atom. The fourth-order valence-electron chi connectivity index (χ4n) is 0.695. The van der Waals surface area contributed by atoms with E-state index in [1.54, 1.807) is 13.1 Å². The van der Waals surface area contributed by atoms with Gasteiger partial charge in [0.2, 0.25) is 0 Å². The van der Waals surface area contributed by atoms with Crippen LogP contribution < -0.4 is 0 Å². The summed E-state index contributed by atoms with van der Waals surface area (Å²) in [5, 5.41) is 9.90. The van der Waals surface area contributed by atoms with Crippen LogP contribution in [0.15, 0.2) is 19.6 Å². The molecule has 0 fully saturated rings. The Morgan fingerprint density at radius 2 is 2.27 bits per heavy atom. The van der Waals surface area contributed by atoms with Gasteiger partial charge >= 0.3 is 0 Å². The average molecular weight is 285 g/mol. The van der Waals surface area contributed by atoms with Crippen LogP contribution in [0.5, 0.6) is 0 Å². The highest BCUT2D eigenvalue weighted by molar-refractivity contribution is 9.13. The number of nitrogens with zero attached hydrogens (tertiary/aromatic N) is 1. The Labute approximate surface area is 81.2 Å². The number of furan rings is 1. The van der Waals surface area contributed by atoms with Gasteiger partial charge in [-0.2, -0.15) is 5.06 Å². The van der Waals surface area contributed by atoms with E-state index in [4.69, 9.17) is 9.62 Å². The van der Waals surface area contributed by atoms with Crippen LogP contribution in [0.3, 0.4) is 0 Å². The van der Waals surface area contributed by atoms with Crippen molar-refractivity contribution >= 4 is 31.9 Å². The normalized spacial score (nSPS) is 11.0. The van der Waals surface area contributed by atoms with Crippen LogP contribution in [0.1, 0.15) is 5.76 Å². The van der Waals surface area contributed by atoms with Crippen LogP contribution in [0.25, 0.3) is 0 Å². The van der Waals surface area contributed by atoms with Crippen molar-refractivity contribution in [3.63, 3.8) is 0 Å². The summed E-state index contributed by atoms with van der Waals surface area (Å²) in [7, 11) is 1.56. The molecule has 11 heavy (non-hydrogen) atoms. The largest absolute Gasteiger partial charge is 0.452 e. The molecule has 0 aromatic carbocycles. The Hall–Kier alpha value is 0.160. The van der Waals surface area contributed by atoms with Gasteiger partial charge in [0.1, 0.15) is 5.76 Å². The van der Waals surface area contributed by atoms with E-state index in [-0.39, 0.29) is 0 Å². The first-order chi connectivity index (χ1) is 5.09. The molecule has 0 saturated heterocycles. The molecule has 1 aromatic heterocycles. The Balaban J connectivity index is 2.73. The predicted octanol–water partition coefficient (Wildman–Crippen LogP) is 2.63. The number of rotatable bonds is 2. The van der Waals surface area contributed by atoms with Crippen molar-refractivity contribution in [2.24, 2.45) is 0 Å². The zero-order valence-electron chi connectivity index (χ0n) is 5.84. The minimum absolute atomic E-state index is 0.379. The predicted molar refractivity (Wildman–Crippen MR) is 47.4 cm³/mol. The first-order valence-corrected chi connectivity index (χ1v) is 4.52. The van der Waals surface area contributed by atoms with Gasteiger partial charge in [-0.1, -0.05) is 0 Å². The molecule has 0 aliphatic rings. The van der Waals surface area contributed by atoms with Crippen molar-refractivity contribution in [1.29, 1.82) is 0 Å². The Morgan fingerprint density at radius 3 is 2.64 bits per heavy atom. The summed E-state index contributed by atoms with van der Waals surface area (Å²) in [4.78, 5) is 0. The fraction of sp³-hybridized carbons (Fsp3) is 0.333. The monoisotopic (exact) mass is 283 g/mol. The molecule has 1 aromatic rings. The van der Waals surface area contributed by atoms with Crippen molar-refractivity contribution < 1.29 is 9.62 Å². The third kappa shape index (κ3) is 2.59. The fourth-order valence-corrected chi connectivity index (χ4v) is 1.35. The molecule has 62 valence electrons. The lowest BCUT2D eigenvalue weighted by Crippen LogP contribution is -2.10. The number of hydrogen-bond acceptors (Lipinski definition) is 3. The minimum atomic E-state index is 0.379. The highest BCUT2D eigenvalue weighted by atomic mass is 79.9. The molecule has 3 nitrogen and oxygen atoms in total. The summed E-state index contributed by atoms with van der Waals surface area (Å²) in [5.41, 5.74) is 0. The lowest BCUT2D eigenvalue weighted by atomic mass is 10.4. The molecule has 0 saturated carbocycles. The number of hydroxylamine groups is 2. The van der Waals surface area contributed by atoms with Crippen LogP contribution in [0.2, 0.25) is 0 Å². The first kappa shape index (κ1) is 9.25. The number of halogens is 2. The third-order valence-electron chi connectivity index (χ3n) is 1.08. The summed E-state index contributed by atoms with van der Waals surface area (Å²) in [6, 6.07) is 1.80. The molecule has 0 bridgehead atoms. The molecule has 0 aliphatic carbocycles. The van der Waals surface area contributed by atoms with Gasteiger partial charge in [0.25, 0.3) is 0 Å². The maximum atomic E-state index is 8.85. The van der Waals surface area contributed by atoms with Crippen LogP contribution >= 0.6 is 31.9 Å². The van der Waals surface area contributed by atoms with E-state index in [0.29, 0.717) is 17.0 Å². The second-order valence-electron chi connectivity index (χ2n) is 2.15. The van der Waals surface area contributed by atoms with Gasteiger partial charge in [0, 0.05) is 7.05 Å². The highest BCUT2D eigenvalue weighted by Gasteiger charge is 2.06. The molecule has 1 N–H and O–H groups in total. The van der Waals surface area contributed by atoms with Crippen molar-refractivity contribution in [1.82, 2.24) is 5.06 Å². The van der Waals surface area contributed by atoms with E-state index in [2.05, 4.69) is 31.9 Å². The average Bonchev–Trinajstić information content (AvgIpc) is 2.10. The zero-order chi connectivity index (χ0) is 8.43. The van der Waals surface area contributed by atoms with Crippen LogP contribution in [-0.2, 0) is 6.54 Å². The molecule has 1 rings (SSSR count). The molecular weight excluding hydrogens is 278 g/mol. The van der Waals surface area contributed by atoms with Gasteiger partial charge in [-0.3, -0.25) is 0 Å². The SMILES string of the molecule is CN(O)Cc1cc(Br)c(Br)o1. The summed E-state index contributed by atoms with van der Waals surface area (Å²) >= 11 is 6.46. The van der Waals surface area contributed by atoms with E-state index in [1.807, 2.05) is 0 Å². The highest BCUT2D eigenvalue weighted by Crippen LogP contribution is 2.26. The van der Waals surface area contributed by atoms with Crippen LogP contribution in [-0.4, -0.2) is 17.3 Å². The maximum absolute atomic E-state index is 8.85. The molecule has 5 heteroatoms. The molecule has 0 radical (unpaired) electrons. The minimum Gasteiger partial charge on any atom is -0.452 e. The lowest BCUT2D eigenvalue weighted by molar-refractivity contribution is -0.0775. The standard InChI is InChI=1S/C6H7Br2NO2/c1-9(10)3-4-2-5(7)6(8)11-4/h2,10H,3H2,1H3. The number of hydrogen-bond donors (Lipinski definition) is 1. The zero-order valence-corrected chi connectivity index (χ0v) is 9.02. The van der Waals surface area contributed by atoms with Crippen LogP contribution in [0.4, 0.5) is 0 Å². The topological polar surface area (TPSA) is 36.6 Å². The van der Waals surface area contributed by atoms with Gasteiger partial charge < -0.3 is 9.62 Å². The summed E-state index contributed by atoms with van der Waals surface area (Å²) < 4.78 is 6.70. The molecule has 0 amide bonds. The van der Waals surface area contributed by atoms with Crippen molar-refractivity contribution in [3.05, 3.63) is 21.0 Å². The smallest absolute Gasteiger partial charge is 0.183 e. The molecule has 0 aliphatic heterocycles. The van der Waals surface area contributed by atoms with Gasteiger partial charge in [-0.05, 0) is 37.9 Å². The van der Waals surface area contributed by atoms with E-state index in [1.165, 1.54) is 0 Å². The molecule has 0 unspecified atom stereocenters. The summed E-state index contributed by atoms with van der Waals surface area (Å²) in [5.74, 6) is 0.703. The summed E-state index contributed by atoms with van der Waals surface area (Å²) in [6.07, 6.45) is 0. The molecular formula is C6H7Br2NO2. The van der Waals surface area contributed by atoms with Gasteiger partial charge in [-0.25, -0.2) is 0 Å². The van der Waals surface area contributed by atoms with Crippen LogP contribution in [0, 0.1) is 0 Å². The van der Waals surface area contributed by atoms with Crippen molar-refractivity contribution in [2.45, 2.75) is 6.54 Å². The second-order valence-corrected chi connectivity index (χ2v) is 3.72. The second kappa shape index (κ2) is 3.71. The van der Waals surface area contributed by atoms with E-state index in [9.17, 15) is 0 Å². The quantitative estimate of drug-likeness (QED) is 0.848. The lowest BCUT2D eigenvalue weighted by Gasteiger charge is -2.03. The molecule has 1 heterocycles. The maximum Gasteiger partial charge on any atom is 0.183 e. The van der Waals surface area contributed by atoms with E-state index in [0.717, 1.165) is 9.54 Å². The van der Waals surface area contributed by atoms with Gasteiger partial charge in [0.15, 0.2) is 4.67 Å². The van der Waals surface area contributed by atoms with E-state index < -0.39 is 0 Å². The Bertz CT molecular complexity index is 227. The first-order valence-electron chi connectivity index (χ1n) is 2.93. The molecule has 0 spiro atoms.